The van der Waals surface area contributed by atoms with Crippen LogP contribution in [0.2, 0.25) is 0 Å². The molecule has 0 saturated carbocycles. The number of hydrogen-bond donors (Lipinski definition) is 2. The molecule has 5 nitrogen and oxygen atoms in total. The van der Waals surface area contributed by atoms with Gasteiger partial charge >= 0.3 is 0 Å². The summed E-state index contributed by atoms with van der Waals surface area (Å²) >= 11 is 0. The maximum atomic E-state index is 11.9. The fourth-order valence-corrected chi connectivity index (χ4v) is 2.54. The molecule has 1 saturated heterocycles. The molecule has 144 valence electrons. The van der Waals surface area contributed by atoms with E-state index >= 15 is 0 Å². The van der Waals surface area contributed by atoms with Gasteiger partial charge in [0.15, 0.2) is 0 Å². The molecule has 5 heteroatoms. The molecule has 0 radical (unpaired) electrons. The van der Waals surface area contributed by atoms with E-state index in [0.717, 1.165) is 24.2 Å². The van der Waals surface area contributed by atoms with E-state index in [0.29, 0.717) is 6.61 Å². The third kappa shape index (κ3) is 6.77. The van der Waals surface area contributed by atoms with Crippen LogP contribution in [-0.2, 0) is 9.59 Å². The number of carbonyl (C=O) groups is 2. The molecule has 2 rings (SSSR count). The van der Waals surface area contributed by atoms with Gasteiger partial charge in [-0.1, -0.05) is 29.4 Å². The lowest BCUT2D eigenvalue weighted by atomic mass is 10.1. The lowest BCUT2D eigenvalue weighted by Crippen LogP contribution is -2.53. The van der Waals surface area contributed by atoms with Crippen molar-refractivity contribution in [3.63, 3.8) is 0 Å². The maximum absolute atomic E-state index is 11.9. The Bertz CT molecular complexity index is 769. The Morgan fingerprint density at radius 3 is 2.48 bits per heavy atom. The molecule has 27 heavy (non-hydrogen) atoms. The Balaban J connectivity index is 1.88. The highest BCUT2D eigenvalue weighted by molar-refractivity contribution is 6.07. The average molecular weight is 368 g/mol. The zero-order valence-corrected chi connectivity index (χ0v) is 16.5. The third-order valence-electron chi connectivity index (χ3n) is 4.21. The Morgan fingerprint density at radius 2 is 1.81 bits per heavy atom. The Labute approximate surface area is 161 Å². The molecule has 1 aliphatic rings. The SMILES string of the molecule is CC(C)=CCCC(C)=CCOc1ccc(C=C2NC(=O)[C@H](C)NC2=O)cc1. The highest BCUT2D eigenvalue weighted by atomic mass is 16.5. The van der Waals surface area contributed by atoms with Crippen molar-refractivity contribution in [2.75, 3.05) is 6.61 Å². The summed E-state index contributed by atoms with van der Waals surface area (Å²) in [5.74, 6) is 0.264. The molecule has 1 heterocycles. The molecule has 1 aromatic rings. The average Bonchev–Trinajstić information content (AvgIpc) is 2.61. The predicted octanol–water partition coefficient (Wildman–Crippen LogP) is 3.73. The number of ether oxygens (including phenoxy) is 1. The van der Waals surface area contributed by atoms with Crippen molar-refractivity contribution in [1.82, 2.24) is 10.6 Å². The molecule has 2 N–H and O–H groups in total. The van der Waals surface area contributed by atoms with Gasteiger partial charge in [-0.3, -0.25) is 9.59 Å². The molecule has 1 atom stereocenters. The zero-order chi connectivity index (χ0) is 19.8. The second-order valence-electron chi connectivity index (χ2n) is 6.99. The van der Waals surface area contributed by atoms with Crippen LogP contribution in [0, 0.1) is 0 Å². The molecule has 2 amide bonds. The van der Waals surface area contributed by atoms with Gasteiger partial charge in [-0.2, -0.15) is 0 Å². The zero-order valence-electron chi connectivity index (χ0n) is 16.5. The summed E-state index contributed by atoms with van der Waals surface area (Å²) in [6, 6.07) is 6.90. The molecular weight excluding hydrogens is 340 g/mol. The number of carbonyl (C=O) groups excluding carboxylic acids is 2. The summed E-state index contributed by atoms with van der Waals surface area (Å²) in [5, 5.41) is 5.23. The van der Waals surface area contributed by atoms with Gasteiger partial charge in [-0.25, -0.2) is 0 Å². The van der Waals surface area contributed by atoms with E-state index in [1.54, 1.807) is 13.0 Å². The summed E-state index contributed by atoms with van der Waals surface area (Å²) in [6.07, 6.45) is 8.07. The number of rotatable bonds is 7. The second-order valence-corrected chi connectivity index (χ2v) is 6.99. The fraction of sp³-hybridized carbons (Fsp3) is 0.364. The first-order valence-electron chi connectivity index (χ1n) is 9.20. The fourth-order valence-electron chi connectivity index (χ4n) is 2.54. The Kier molecular flexibility index (Phi) is 7.41. The summed E-state index contributed by atoms with van der Waals surface area (Å²) in [6.45, 7) is 8.50. The quantitative estimate of drug-likeness (QED) is 0.569. The van der Waals surface area contributed by atoms with E-state index in [2.05, 4.69) is 43.6 Å². The van der Waals surface area contributed by atoms with Gasteiger partial charge in [0.25, 0.3) is 5.91 Å². The van der Waals surface area contributed by atoms with Crippen molar-refractivity contribution in [3.8, 4) is 5.75 Å². The monoisotopic (exact) mass is 368 g/mol. The molecule has 0 aromatic heterocycles. The van der Waals surface area contributed by atoms with Crippen molar-refractivity contribution in [2.45, 2.75) is 46.6 Å². The van der Waals surface area contributed by atoms with Crippen LogP contribution in [0.25, 0.3) is 6.08 Å². The first-order valence-corrected chi connectivity index (χ1v) is 9.20. The van der Waals surface area contributed by atoms with Crippen LogP contribution in [-0.4, -0.2) is 24.5 Å². The van der Waals surface area contributed by atoms with Crippen molar-refractivity contribution in [2.24, 2.45) is 0 Å². The van der Waals surface area contributed by atoms with Gasteiger partial charge < -0.3 is 15.4 Å². The van der Waals surface area contributed by atoms with Crippen molar-refractivity contribution < 1.29 is 14.3 Å². The molecular formula is C22H28N2O3. The number of amides is 2. The minimum absolute atomic E-state index is 0.215. The van der Waals surface area contributed by atoms with Gasteiger partial charge in [0.2, 0.25) is 5.91 Å². The minimum atomic E-state index is -0.510. The summed E-state index contributed by atoms with van der Waals surface area (Å²) < 4.78 is 5.74. The first kappa shape index (κ1) is 20.5. The lowest BCUT2D eigenvalue weighted by molar-refractivity contribution is -0.130. The second kappa shape index (κ2) is 9.76. The van der Waals surface area contributed by atoms with E-state index < -0.39 is 6.04 Å². The van der Waals surface area contributed by atoms with Crippen LogP contribution < -0.4 is 15.4 Å². The molecule has 1 aliphatic heterocycles. The van der Waals surface area contributed by atoms with Crippen LogP contribution >= 0.6 is 0 Å². The standard InChI is InChI=1S/C22H28N2O3/c1-15(2)6-5-7-16(3)12-13-27-19-10-8-18(9-11-19)14-20-22(26)23-17(4)21(25)24-20/h6,8-12,14,17H,5,7,13H2,1-4H3,(H,23,26)(H,24,25)/t17-/m0/s1. The molecule has 0 unspecified atom stereocenters. The van der Waals surface area contributed by atoms with Crippen LogP contribution in [0.1, 0.15) is 46.1 Å². The van der Waals surface area contributed by atoms with Gasteiger partial charge in [0.05, 0.1) is 0 Å². The third-order valence-corrected chi connectivity index (χ3v) is 4.21. The van der Waals surface area contributed by atoms with E-state index in [4.69, 9.17) is 4.74 Å². The van der Waals surface area contributed by atoms with Crippen LogP contribution in [0.3, 0.4) is 0 Å². The number of piperazine rings is 1. The van der Waals surface area contributed by atoms with E-state index in [1.165, 1.54) is 11.1 Å². The lowest BCUT2D eigenvalue weighted by Gasteiger charge is -2.21. The number of allylic oxidation sites excluding steroid dienone is 3. The van der Waals surface area contributed by atoms with Crippen LogP contribution in [0.4, 0.5) is 0 Å². The Morgan fingerprint density at radius 1 is 1.11 bits per heavy atom. The predicted molar refractivity (Wildman–Crippen MR) is 108 cm³/mol. The van der Waals surface area contributed by atoms with E-state index in [9.17, 15) is 9.59 Å². The van der Waals surface area contributed by atoms with Crippen molar-refractivity contribution in [3.05, 3.63) is 58.8 Å². The molecule has 0 bridgehead atoms. The normalized spacial score (nSPS) is 18.7. The number of benzene rings is 1. The van der Waals surface area contributed by atoms with Gasteiger partial charge in [0, 0.05) is 0 Å². The van der Waals surface area contributed by atoms with Crippen molar-refractivity contribution in [1.29, 1.82) is 0 Å². The summed E-state index contributed by atoms with van der Waals surface area (Å²) in [7, 11) is 0. The Hall–Kier alpha value is -2.82. The van der Waals surface area contributed by atoms with Gasteiger partial charge in [0.1, 0.15) is 24.1 Å². The largest absolute Gasteiger partial charge is 0.490 e. The van der Waals surface area contributed by atoms with Crippen LogP contribution in [0.15, 0.2) is 53.3 Å². The number of hydrogen-bond acceptors (Lipinski definition) is 3. The highest BCUT2D eigenvalue weighted by Crippen LogP contribution is 2.15. The number of nitrogens with one attached hydrogen (secondary N) is 2. The van der Waals surface area contributed by atoms with Crippen LogP contribution in [0.5, 0.6) is 5.75 Å². The molecule has 0 spiro atoms. The summed E-state index contributed by atoms with van der Waals surface area (Å²) in [5.41, 5.74) is 3.72. The maximum Gasteiger partial charge on any atom is 0.268 e. The molecule has 0 aliphatic carbocycles. The van der Waals surface area contributed by atoms with E-state index in [1.807, 2.05) is 24.3 Å². The van der Waals surface area contributed by atoms with E-state index in [-0.39, 0.29) is 17.5 Å². The first-order chi connectivity index (χ1) is 12.8. The van der Waals surface area contributed by atoms with Gasteiger partial charge in [-0.05, 0) is 70.4 Å². The van der Waals surface area contributed by atoms with Crippen molar-refractivity contribution >= 4 is 17.9 Å². The van der Waals surface area contributed by atoms with Gasteiger partial charge in [-0.15, -0.1) is 0 Å². The molecule has 1 aromatic carbocycles. The minimum Gasteiger partial charge on any atom is -0.490 e. The topological polar surface area (TPSA) is 67.4 Å². The highest BCUT2D eigenvalue weighted by Gasteiger charge is 2.25. The smallest absolute Gasteiger partial charge is 0.268 e. The summed E-state index contributed by atoms with van der Waals surface area (Å²) in [4.78, 5) is 23.6. The molecule has 1 fully saturated rings.